The normalized spacial score (nSPS) is 12.4. The molecule has 4 nitrogen and oxygen atoms in total. The maximum Gasteiger partial charge on any atom is 0.235 e. The third kappa shape index (κ3) is 4.44. The van der Waals surface area contributed by atoms with Crippen LogP contribution in [0, 0.1) is 0 Å². The lowest BCUT2D eigenvalue weighted by atomic mass is 10.4. The summed E-state index contributed by atoms with van der Waals surface area (Å²) >= 11 is 4.74. The van der Waals surface area contributed by atoms with Gasteiger partial charge in [-0.05, 0) is 26.5 Å². The van der Waals surface area contributed by atoms with Gasteiger partial charge in [-0.15, -0.1) is 10.2 Å². The van der Waals surface area contributed by atoms with Crippen molar-refractivity contribution in [2.45, 2.75) is 41.6 Å². The molecular weight excluding hydrogens is 286 g/mol. The Morgan fingerprint density at radius 2 is 1.89 bits per heavy atom. The number of hydrogen-bond donors (Lipinski definition) is 0. The number of thioether (sulfide) groups is 2. The molecule has 0 N–H and O–H groups in total. The van der Waals surface area contributed by atoms with Crippen LogP contribution in [0.25, 0.3) is 0 Å². The highest BCUT2D eigenvalue weighted by molar-refractivity contribution is 8.03. The van der Waals surface area contributed by atoms with Crippen LogP contribution in [0.3, 0.4) is 0 Å². The molecule has 1 unspecified atom stereocenters. The molecule has 102 valence electrons. The lowest BCUT2D eigenvalue weighted by molar-refractivity contribution is -0.129. The molecule has 0 spiro atoms. The summed E-state index contributed by atoms with van der Waals surface area (Å²) in [4.78, 5) is 13.9. The molecule has 7 heteroatoms. The van der Waals surface area contributed by atoms with Gasteiger partial charge in [0.2, 0.25) is 5.91 Å². The smallest absolute Gasteiger partial charge is 0.235 e. The average Bonchev–Trinajstić information content (AvgIpc) is 2.78. The Morgan fingerprint density at radius 1 is 1.28 bits per heavy atom. The highest BCUT2D eigenvalue weighted by Crippen LogP contribution is 2.31. The van der Waals surface area contributed by atoms with E-state index in [1.54, 1.807) is 23.1 Å². The Hall–Kier alpha value is -0.270. The summed E-state index contributed by atoms with van der Waals surface area (Å²) in [6.07, 6.45) is 0. The highest BCUT2D eigenvalue weighted by Gasteiger charge is 2.20. The molecule has 1 aromatic heterocycles. The van der Waals surface area contributed by atoms with Gasteiger partial charge in [0.05, 0.1) is 5.25 Å². The minimum Gasteiger partial charge on any atom is -0.342 e. The van der Waals surface area contributed by atoms with Crippen LogP contribution in [-0.4, -0.2) is 45.1 Å². The molecule has 0 bridgehead atoms. The molecule has 0 aliphatic carbocycles. The van der Waals surface area contributed by atoms with Gasteiger partial charge in [0, 0.05) is 13.1 Å². The first kappa shape index (κ1) is 15.8. The largest absolute Gasteiger partial charge is 0.342 e. The zero-order valence-electron chi connectivity index (χ0n) is 11.2. The van der Waals surface area contributed by atoms with Crippen LogP contribution in [0.4, 0.5) is 0 Å². The van der Waals surface area contributed by atoms with E-state index < -0.39 is 0 Å². The van der Waals surface area contributed by atoms with E-state index in [1.807, 2.05) is 25.7 Å². The van der Waals surface area contributed by atoms with Crippen molar-refractivity contribution in [3.8, 4) is 0 Å². The SMILES string of the molecule is CCSc1nnc(SC(C)C(=O)N(CC)CC)s1. The zero-order valence-corrected chi connectivity index (χ0v) is 13.6. The Labute approximate surface area is 121 Å². The summed E-state index contributed by atoms with van der Waals surface area (Å²) in [5.41, 5.74) is 0. The van der Waals surface area contributed by atoms with Crippen molar-refractivity contribution in [3.05, 3.63) is 0 Å². The molecule has 0 aromatic carbocycles. The molecule has 1 aromatic rings. The number of rotatable bonds is 7. The second-order valence-electron chi connectivity index (χ2n) is 3.54. The van der Waals surface area contributed by atoms with Crippen LogP contribution in [0.2, 0.25) is 0 Å². The van der Waals surface area contributed by atoms with E-state index in [4.69, 9.17) is 0 Å². The molecule has 0 aliphatic rings. The fraction of sp³-hybridized carbons (Fsp3) is 0.727. The van der Waals surface area contributed by atoms with Gasteiger partial charge in [-0.1, -0.05) is 41.8 Å². The van der Waals surface area contributed by atoms with Gasteiger partial charge in [-0.3, -0.25) is 4.79 Å². The van der Waals surface area contributed by atoms with E-state index >= 15 is 0 Å². The first-order valence-corrected chi connectivity index (χ1v) is 8.72. The van der Waals surface area contributed by atoms with Crippen LogP contribution in [0.5, 0.6) is 0 Å². The molecule has 0 aliphatic heterocycles. The molecule has 1 atom stereocenters. The standard InChI is InChI=1S/C11H19N3OS3/c1-5-14(6-2)9(15)8(4)17-11-13-12-10(18-11)16-7-3/h8H,5-7H2,1-4H3. The molecular formula is C11H19N3OS3. The lowest BCUT2D eigenvalue weighted by Gasteiger charge is -2.21. The number of carbonyl (C=O) groups excluding carboxylic acids is 1. The number of carbonyl (C=O) groups is 1. The molecule has 0 radical (unpaired) electrons. The first-order chi connectivity index (χ1) is 8.62. The predicted molar refractivity (Wildman–Crippen MR) is 79.6 cm³/mol. The molecule has 0 fully saturated rings. The van der Waals surface area contributed by atoms with E-state index in [0.29, 0.717) is 0 Å². The second kappa shape index (κ2) is 8.01. The summed E-state index contributed by atoms with van der Waals surface area (Å²) in [7, 11) is 0. The van der Waals surface area contributed by atoms with Crippen molar-refractivity contribution >= 4 is 40.8 Å². The van der Waals surface area contributed by atoms with Crippen LogP contribution in [0.1, 0.15) is 27.7 Å². The van der Waals surface area contributed by atoms with E-state index in [9.17, 15) is 4.79 Å². The Balaban J connectivity index is 2.57. The van der Waals surface area contributed by atoms with Crippen molar-refractivity contribution in [2.24, 2.45) is 0 Å². The summed E-state index contributed by atoms with van der Waals surface area (Å²) in [6, 6.07) is 0. The number of hydrogen-bond acceptors (Lipinski definition) is 6. The van der Waals surface area contributed by atoms with Crippen LogP contribution >= 0.6 is 34.9 Å². The van der Waals surface area contributed by atoms with Crippen molar-refractivity contribution in [1.82, 2.24) is 15.1 Å². The molecule has 0 saturated carbocycles. The summed E-state index contributed by atoms with van der Waals surface area (Å²) in [5, 5.41) is 8.10. The van der Waals surface area contributed by atoms with Gasteiger partial charge in [0.15, 0.2) is 8.68 Å². The molecule has 1 heterocycles. The van der Waals surface area contributed by atoms with Gasteiger partial charge in [0.25, 0.3) is 0 Å². The fourth-order valence-corrected chi connectivity index (χ4v) is 4.57. The van der Waals surface area contributed by atoms with Crippen LogP contribution < -0.4 is 0 Å². The fourth-order valence-electron chi connectivity index (χ4n) is 1.42. The molecule has 1 rings (SSSR count). The second-order valence-corrected chi connectivity index (χ2v) is 7.61. The van der Waals surface area contributed by atoms with Crippen LogP contribution in [0.15, 0.2) is 8.68 Å². The van der Waals surface area contributed by atoms with E-state index in [0.717, 1.165) is 27.5 Å². The quantitative estimate of drug-likeness (QED) is 0.725. The van der Waals surface area contributed by atoms with E-state index in [2.05, 4.69) is 17.1 Å². The first-order valence-electron chi connectivity index (χ1n) is 6.04. The van der Waals surface area contributed by atoms with Crippen LogP contribution in [-0.2, 0) is 4.79 Å². The summed E-state index contributed by atoms with van der Waals surface area (Å²) in [5.74, 6) is 1.16. The Bertz CT molecular complexity index is 379. The highest BCUT2D eigenvalue weighted by atomic mass is 32.2. The lowest BCUT2D eigenvalue weighted by Crippen LogP contribution is -2.36. The van der Waals surface area contributed by atoms with Gasteiger partial charge in [-0.2, -0.15) is 0 Å². The topological polar surface area (TPSA) is 46.1 Å². The van der Waals surface area contributed by atoms with Crippen molar-refractivity contribution in [2.75, 3.05) is 18.8 Å². The molecule has 18 heavy (non-hydrogen) atoms. The number of nitrogens with zero attached hydrogens (tertiary/aromatic N) is 3. The number of amides is 1. The molecule has 0 saturated heterocycles. The maximum atomic E-state index is 12.1. The summed E-state index contributed by atoms with van der Waals surface area (Å²) < 4.78 is 1.85. The van der Waals surface area contributed by atoms with E-state index in [-0.39, 0.29) is 11.2 Å². The predicted octanol–water partition coefficient (Wildman–Crippen LogP) is 3.00. The van der Waals surface area contributed by atoms with E-state index in [1.165, 1.54) is 11.8 Å². The van der Waals surface area contributed by atoms with Crippen molar-refractivity contribution in [1.29, 1.82) is 0 Å². The third-order valence-corrected chi connectivity index (χ3v) is 5.47. The summed E-state index contributed by atoms with van der Waals surface area (Å²) in [6.45, 7) is 9.53. The minimum atomic E-state index is -0.0997. The number of aromatic nitrogens is 2. The Morgan fingerprint density at radius 3 is 2.44 bits per heavy atom. The van der Waals surface area contributed by atoms with Gasteiger partial charge >= 0.3 is 0 Å². The molecule has 1 amide bonds. The van der Waals surface area contributed by atoms with Crippen molar-refractivity contribution < 1.29 is 4.79 Å². The average molecular weight is 305 g/mol. The van der Waals surface area contributed by atoms with Gasteiger partial charge < -0.3 is 4.90 Å². The monoisotopic (exact) mass is 305 g/mol. The van der Waals surface area contributed by atoms with Gasteiger partial charge in [-0.25, -0.2) is 0 Å². The minimum absolute atomic E-state index is 0.0997. The zero-order chi connectivity index (χ0) is 13.5. The van der Waals surface area contributed by atoms with Gasteiger partial charge in [0.1, 0.15) is 0 Å². The van der Waals surface area contributed by atoms with Crippen molar-refractivity contribution in [3.63, 3.8) is 0 Å². The Kier molecular flexibility index (Phi) is 7.03. The third-order valence-electron chi connectivity index (χ3n) is 2.36. The maximum absolute atomic E-state index is 12.1.